The second-order valence-corrected chi connectivity index (χ2v) is 6.05. The van der Waals surface area contributed by atoms with Crippen molar-refractivity contribution in [3.8, 4) is 0 Å². The Morgan fingerprint density at radius 2 is 1.56 bits per heavy atom. The predicted octanol–water partition coefficient (Wildman–Crippen LogP) is 4.46. The van der Waals surface area contributed by atoms with E-state index in [-0.39, 0.29) is 0 Å². The van der Waals surface area contributed by atoms with Gasteiger partial charge in [-0.05, 0) is 42.4 Å². The first-order chi connectivity index (χ1) is 8.78. The fourth-order valence-electron chi connectivity index (χ4n) is 1.65. The van der Waals surface area contributed by atoms with E-state index in [1.807, 2.05) is 18.8 Å². The monoisotopic (exact) mass is 321 g/mol. The summed E-state index contributed by atoms with van der Waals surface area (Å²) in [6.45, 7) is 0.928. The second-order valence-electron chi connectivity index (χ2n) is 4.09. The Kier molecular flexibility index (Phi) is 5.29. The van der Waals surface area contributed by atoms with E-state index in [2.05, 4.69) is 69.8 Å². The van der Waals surface area contributed by atoms with Gasteiger partial charge in [0.15, 0.2) is 0 Å². The maximum Gasteiger partial charge on any atom is 0.0232 e. The second kappa shape index (κ2) is 6.98. The Balaban J connectivity index is 1.91. The fourth-order valence-corrected chi connectivity index (χ4v) is 2.77. The first-order valence-corrected chi connectivity index (χ1v) is 7.66. The van der Waals surface area contributed by atoms with Gasteiger partial charge in [0.05, 0.1) is 0 Å². The van der Waals surface area contributed by atoms with E-state index in [0.29, 0.717) is 0 Å². The zero-order chi connectivity index (χ0) is 12.8. The molecule has 94 valence electrons. The molecule has 0 unspecified atom stereocenters. The lowest BCUT2D eigenvalue weighted by Crippen LogP contribution is -2.04. The molecule has 0 amide bonds. The number of benzene rings is 2. The van der Waals surface area contributed by atoms with Crippen molar-refractivity contribution < 1.29 is 0 Å². The summed E-state index contributed by atoms with van der Waals surface area (Å²) < 4.78 is 1.13. The molecule has 1 nitrogen and oxygen atoms in total. The molecule has 0 fully saturated rings. The van der Waals surface area contributed by atoms with Crippen LogP contribution in [0.5, 0.6) is 0 Å². The van der Waals surface area contributed by atoms with Crippen LogP contribution >= 0.6 is 27.7 Å². The van der Waals surface area contributed by atoms with Gasteiger partial charge in [-0.25, -0.2) is 0 Å². The highest BCUT2D eigenvalue weighted by molar-refractivity contribution is 9.10. The molecule has 0 bridgehead atoms. The van der Waals surface area contributed by atoms with Crippen LogP contribution in [0.3, 0.4) is 0 Å². The Labute approximate surface area is 121 Å². The lowest BCUT2D eigenvalue weighted by Gasteiger charge is -2.04. The lowest BCUT2D eigenvalue weighted by molar-refractivity contribution is 0.817. The van der Waals surface area contributed by atoms with E-state index in [0.717, 1.165) is 16.8 Å². The topological polar surface area (TPSA) is 12.0 Å². The molecule has 18 heavy (non-hydrogen) atoms. The quantitative estimate of drug-likeness (QED) is 0.816. The highest BCUT2D eigenvalue weighted by atomic mass is 79.9. The van der Waals surface area contributed by atoms with Crippen molar-refractivity contribution in [3.63, 3.8) is 0 Å². The molecule has 0 saturated carbocycles. The zero-order valence-corrected chi connectivity index (χ0v) is 12.7. The third-order valence-corrected chi connectivity index (χ3v) is 4.23. The summed E-state index contributed by atoms with van der Waals surface area (Å²) >= 11 is 5.32. The summed E-state index contributed by atoms with van der Waals surface area (Å²) in [6.07, 6.45) is 0. The lowest BCUT2D eigenvalue weighted by atomic mass is 10.2. The summed E-state index contributed by atoms with van der Waals surface area (Å²) in [5.74, 6) is 1.01. The van der Waals surface area contributed by atoms with Crippen LogP contribution in [0.15, 0.2) is 57.9 Å². The van der Waals surface area contributed by atoms with Gasteiger partial charge in [0.1, 0.15) is 0 Å². The van der Waals surface area contributed by atoms with Gasteiger partial charge in [0.2, 0.25) is 0 Å². The van der Waals surface area contributed by atoms with Crippen molar-refractivity contribution in [2.45, 2.75) is 17.2 Å². The normalized spacial score (nSPS) is 10.6. The molecule has 2 aromatic rings. The summed E-state index contributed by atoms with van der Waals surface area (Å²) in [5.41, 5.74) is 2.67. The van der Waals surface area contributed by atoms with Gasteiger partial charge in [-0.15, -0.1) is 11.8 Å². The minimum absolute atomic E-state index is 0.928. The molecule has 0 atom stereocenters. The van der Waals surface area contributed by atoms with Gasteiger partial charge in [0.25, 0.3) is 0 Å². The molecule has 0 aliphatic rings. The van der Waals surface area contributed by atoms with Crippen molar-refractivity contribution in [1.82, 2.24) is 5.32 Å². The average molecular weight is 322 g/mol. The predicted molar refractivity (Wildman–Crippen MR) is 82.9 cm³/mol. The van der Waals surface area contributed by atoms with E-state index in [1.165, 1.54) is 16.0 Å². The summed E-state index contributed by atoms with van der Waals surface area (Å²) in [5, 5.41) is 3.16. The van der Waals surface area contributed by atoms with Gasteiger partial charge in [0, 0.05) is 21.7 Å². The maximum absolute atomic E-state index is 3.45. The van der Waals surface area contributed by atoms with Gasteiger partial charge in [-0.2, -0.15) is 0 Å². The summed E-state index contributed by atoms with van der Waals surface area (Å²) in [6, 6.07) is 17.2. The molecular weight excluding hydrogens is 306 g/mol. The van der Waals surface area contributed by atoms with E-state index in [9.17, 15) is 0 Å². The number of halogens is 1. The van der Waals surface area contributed by atoms with Crippen molar-refractivity contribution in [3.05, 3.63) is 64.1 Å². The van der Waals surface area contributed by atoms with Crippen LogP contribution in [0.25, 0.3) is 0 Å². The average Bonchev–Trinajstić information content (AvgIpc) is 2.40. The van der Waals surface area contributed by atoms with Crippen LogP contribution in [0.1, 0.15) is 11.1 Å². The smallest absolute Gasteiger partial charge is 0.0232 e. The van der Waals surface area contributed by atoms with Gasteiger partial charge in [-0.3, -0.25) is 0 Å². The molecule has 2 aromatic carbocycles. The molecule has 0 aliphatic heterocycles. The molecule has 0 radical (unpaired) electrons. The minimum Gasteiger partial charge on any atom is -0.316 e. The van der Waals surface area contributed by atoms with Crippen LogP contribution in [-0.4, -0.2) is 7.05 Å². The molecule has 3 heteroatoms. The maximum atomic E-state index is 3.45. The third kappa shape index (κ3) is 4.16. The standard InChI is InChI=1S/C15H16BrNS/c1-17-10-12-4-8-15(9-5-12)18-11-13-2-6-14(16)7-3-13/h2-9,17H,10-11H2,1H3. The number of hydrogen-bond donors (Lipinski definition) is 1. The van der Waals surface area contributed by atoms with E-state index in [4.69, 9.17) is 0 Å². The van der Waals surface area contributed by atoms with Gasteiger partial charge in [-0.1, -0.05) is 40.2 Å². The van der Waals surface area contributed by atoms with Crippen molar-refractivity contribution in [2.75, 3.05) is 7.05 Å². The zero-order valence-electron chi connectivity index (χ0n) is 10.3. The van der Waals surface area contributed by atoms with Gasteiger partial charge < -0.3 is 5.32 Å². The molecule has 2 rings (SSSR count). The number of nitrogens with one attached hydrogen (secondary N) is 1. The van der Waals surface area contributed by atoms with Crippen molar-refractivity contribution >= 4 is 27.7 Å². The van der Waals surface area contributed by atoms with Crippen LogP contribution in [-0.2, 0) is 12.3 Å². The molecule has 0 aliphatic carbocycles. The number of rotatable bonds is 5. The highest BCUT2D eigenvalue weighted by Gasteiger charge is 1.97. The molecule has 0 saturated heterocycles. The first kappa shape index (κ1) is 13.7. The molecule has 1 N–H and O–H groups in total. The van der Waals surface area contributed by atoms with Crippen LogP contribution in [0, 0.1) is 0 Å². The molecule has 0 aromatic heterocycles. The first-order valence-electron chi connectivity index (χ1n) is 5.89. The molecule has 0 spiro atoms. The Bertz CT molecular complexity index is 479. The Morgan fingerprint density at radius 1 is 0.944 bits per heavy atom. The van der Waals surface area contributed by atoms with E-state index >= 15 is 0 Å². The minimum atomic E-state index is 0.928. The van der Waals surface area contributed by atoms with E-state index in [1.54, 1.807) is 0 Å². The SMILES string of the molecule is CNCc1ccc(SCc2ccc(Br)cc2)cc1. The van der Waals surface area contributed by atoms with Crippen LogP contribution < -0.4 is 5.32 Å². The summed E-state index contributed by atoms with van der Waals surface area (Å²) in [7, 11) is 1.97. The Morgan fingerprint density at radius 3 is 2.17 bits per heavy atom. The van der Waals surface area contributed by atoms with Gasteiger partial charge >= 0.3 is 0 Å². The Hall–Kier alpha value is -0.770. The summed E-state index contributed by atoms with van der Waals surface area (Å²) in [4.78, 5) is 1.32. The third-order valence-electron chi connectivity index (χ3n) is 2.62. The largest absolute Gasteiger partial charge is 0.316 e. The van der Waals surface area contributed by atoms with Crippen molar-refractivity contribution in [2.24, 2.45) is 0 Å². The van der Waals surface area contributed by atoms with E-state index < -0.39 is 0 Å². The van der Waals surface area contributed by atoms with Crippen LogP contribution in [0.2, 0.25) is 0 Å². The number of thioether (sulfide) groups is 1. The molecule has 0 heterocycles. The van der Waals surface area contributed by atoms with Crippen molar-refractivity contribution in [1.29, 1.82) is 0 Å². The van der Waals surface area contributed by atoms with Crippen LogP contribution in [0.4, 0.5) is 0 Å². The number of hydrogen-bond acceptors (Lipinski definition) is 2. The fraction of sp³-hybridized carbons (Fsp3) is 0.200. The highest BCUT2D eigenvalue weighted by Crippen LogP contribution is 2.23. The molecular formula is C15H16BrNS.